The first-order valence-electron chi connectivity index (χ1n) is 10.5. The van der Waals surface area contributed by atoms with E-state index in [1.54, 1.807) is 12.1 Å². The summed E-state index contributed by atoms with van der Waals surface area (Å²) in [6.07, 6.45) is 11.0. The fraction of sp³-hybridized carbons (Fsp3) is 0.682. The standard InChI is InChI=1S/C22H31FN2O/c23-18-5-3-4-16(12-18)10-11-25(21-6-1-2-7-21)22(26)15-17-13-19-8-9-20(14-17)24-19/h3-5,12,17,19-21,24H,1-2,6-11,13-15H2. The molecule has 3 aliphatic rings. The van der Waals surface area contributed by atoms with Gasteiger partial charge in [-0.15, -0.1) is 0 Å². The van der Waals surface area contributed by atoms with Gasteiger partial charge < -0.3 is 10.2 Å². The lowest BCUT2D eigenvalue weighted by atomic mass is 9.89. The molecule has 0 spiro atoms. The van der Waals surface area contributed by atoms with E-state index in [9.17, 15) is 9.18 Å². The lowest BCUT2D eigenvalue weighted by molar-refractivity contribution is -0.134. The molecule has 0 radical (unpaired) electrons. The summed E-state index contributed by atoms with van der Waals surface area (Å²) in [6.45, 7) is 0.727. The van der Waals surface area contributed by atoms with Crippen molar-refractivity contribution in [2.45, 2.75) is 82.3 Å². The second-order valence-corrected chi connectivity index (χ2v) is 8.58. The van der Waals surface area contributed by atoms with E-state index >= 15 is 0 Å². The van der Waals surface area contributed by atoms with Crippen molar-refractivity contribution in [3.05, 3.63) is 35.6 Å². The molecule has 1 amide bonds. The highest BCUT2D eigenvalue weighted by molar-refractivity contribution is 5.77. The maximum Gasteiger partial charge on any atom is 0.223 e. The van der Waals surface area contributed by atoms with E-state index in [0.717, 1.165) is 44.2 Å². The summed E-state index contributed by atoms with van der Waals surface area (Å²) in [4.78, 5) is 15.3. The third kappa shape index (κ3) is 4.28. The van der Waals surface area contributed by atoms with Crippen molar-refractivity contribution in [2.75, 3.05) is 6.54 Å². The molecule has 1 N–H and O–H groups in total. The van der Waals surface area contributed by atoms with E-state index in [-0.39, 0.29) is 5.82 Å². The number of hydrogen-bond donors (Lipinski definition) is 1. The zero-order chi connectivity index (χ0) is 17.9. The lowest BCUT2D eigenvalue weighted by Crippen LogP contribution is -2.43. The van der Waals surface area contributed by atoms with Crippen molar-refractivity contribution in [3.63, 3.8) is 0 Å². The molecule has 3 fully saturated rings. The highest BCUT2D eigenvalue weighted by Crippen LogP contribution is 2.34. The molecule has 26 heavy (non-hydrogen) atoms. The van der Waals surface area contributed by atoms with Gasteiger partial charge in [0.15, 0.2) is 0 Å². The van der Waals surface area contributed by atoms with Crippen LogP contribution in [-0.4, -0.2) is 35.5 Å². The summed E-state index contributed by atoms with van der Waals surface area (Å²) in [5.41, 5.74) is 0.987. The molecule has 3 nitrogen and oxygen atoms in total. The average Bonchev–Trinajstić information content (AvgIpc) is 3.25. The highest BCUT2D eigenvalue weighted by Gasteiger charge is 2.35. The van der Waals surface area contributed by atoms with E-state index in [1.807, 2.05) is 6.07 Å². The van der Waals surface area contributed by atoms with Crippen LogP contribution in [0.5, 0.6) is 0 Å². The van der Waals surface area contributed by atoms with E-state index in [1.165, 1.54) is 31.7 Å². The topological polar surface area (TPSA) is 32.3 Å². The molecule has 1 aromatic rings. The zero-order valence-electron chi connectivity index (χ0n) is 15.6. The summed E-state index contributed by atoms with van der Waals surface area (Å²) >= 11 is 0. The quantitative estimate of drug-likeness (QED) is 0.832. The third-order valence-corrected chi connectivity index (χ3v) is 6.65. The van der Waals surface area contributed by atoms with Crippen LogP contribution in [0.15, 0.2) is 24.3 Å². The maximum absolute atomic E-state index is 13.5. The van der Waals surface area contributed by atoms with Crippen LogP contribution in [0, 0.1) is 11.7 Å². The van der Waals surface area contributed by atoms with Gasteiger partial charge in [-0.05, 0) is 68.6 Å². The molecule has 1 aromatic carbocycles. The van der Waals surface area contributed by atoms with Gasteiger partial charge in [0, 0.05) is 31.1 Å². The number of carbonyl (C=O) groups excluding carboxylic acids is 1. The fourth-order valence-corrected chi connectivity index (χ4v) is 5.37. The Morgan fingerprint density at radius 1 is 1.12 bits per heavy atom. The Morgan fingerprint density at radius 3 is 2.54 bits per heavy atom. The van der Waals surface area contributed by atoms with E-state index in [4.69, 9.17) is 0 Å². The minimum atomic E-state index is -0.188. The number of fused-ring (bicyclic) bond motifs is 2. The Balaban J connectivity index is 1.38. The minimum Gasteiger partial charge on any atom is -0.339 e. The van der Waals surface area contributed by atoms with Crippen LogP contribution in [-0.2, 0) is 11.2 Å². The lowest BCUT2D eigenvalue weighted by Gasteiger charge is -2.33. The summed E-state index contributed by atoms with van der Waals surface area (Å²) in [5.74, 6) is 0.686. The van der Waals surface area contributed by atoms with E-state index in [0.29, 0.717) is 36.4 Å². The first-order chi connectivity index (χ1) is 12.7. The Morgan fingerprint density at radius 2 is 1.85 bits per heavy atom. The van der Waals surface area contributed by atoms with Gasteiger partial charge in [0.2, 0.25) is 5.91 Å². The smallest absolute Gasteiger partial charge is 0.223 e. The van der Waals surface area contributed by atoms with Gasteiger partial charge in [-0.1, -0.05) is 25.0 Å². The summed E-state index contributed by atoms with van der Waals surface area (Å²) in [5, 5.41) is 3.67. The molecule has 2 unspecified atom stereocenters. The number of piperidine rings is 1. The Labute approximate surface area is 156 Å². The SMILES string of the molecule is O=C(CC1CC2CCC(C1)N2)N(CCc1cccc(F)c1)C1CCCC1. The van der Waals surface area contributed by atoms with Crippen LogP contribution >= 0.6 is 0 Å². The number of halogens is 1. The number of rotatable bonds is 6. The number of nitrogens with zero attached hydrogens (tertiary/aromatic N) is 1. The number of amides is 1. The molecule has 4 heteroatoms. The van der Waals surface area contributed by atoms with Crippen molar-refractivity contribution >= 4 is 5.91 Å². The largest absolute Gasteiger partial charge is 0.339 e. The zero-order valence-corrected chi connectivity index (χ0v) is 15.6. The molecule has 0 aromatic heterocycles. The van der Waals surface area contributed by atoms with E-state index < -0.39 is 0 Å². The first-order valence-corrected chi connectivity index (χ1v) is 10.5. The summed E-state index contributed by atoms with van der Waals surface area (Å²) in [6, 6.07) is 8.48. The number of carbonyl (C=O) groups is 1. The summed E-state index contributed by atoms with van der Waals surface area (Å²) < 4.78 is 13.5. The molecular weight excluding hydrogens is 327 g/mol. The minimum absolute atomic E-state index is 0.188. The Kier molecular flexibility index (Phi) is 5.58. The Hall–Kier alpha value is -1.42. The van der Waals surface area contributed by atoms with Crippen LogP contribution in [0.3, 0.4) is 0 Å². The van der Waals surface area contributed by atoms with Crippen molar-refractivity contribution in [1.82, 2.24) is 10.2 Å². The van der Waals surface area contributed by atoms with Gasteiger partial charge in [0.05, 0.1) is 0 Å². The molecule has 2 aliphatic heterocycles. The second-order valence-electron chi connectivity index (χ2n) is 8.58. The average molecular weight is 359 g/mol. The number of nitrogens with one attached hydrogen (secondary N) is 1. The van der Waals surface area contributed by atoms with Crippen molar-refractivity contribution in [3.8, 4) is 0 Å². The normalized spacial score (nSPS) is 28.4. The second kappa shape index (κ2) is 8.08. The molecule has 2 saturated heterocycles. The van der Waals surface area contributed by atoms with Crippen LogP contribution in [0.4, 0.5) is 4.39 Å². The molecule has 2 bridgehead atoms. The maximum atomic E-state index is 13.5. The van der Waals surface area contributed by atoms with Crippen molar-refractivity contribution < 1.29 is 9.18 Å². The predicted octanol–water partition coefficient (Wildman–Crippen LogP) is 4.06. The van der Waals surface area contributed by atoms with Gasteiger partial charge in [-0.25, -0.2) is 4.39 Å². The van der Waals surface area contributed by atoms with Crippen LogP contribution in [0.1, 0.15) is 63.4 Å². The predicted molar refractivity (Wildman–Crippen MR) is 101 cm³/mol. The summed E-state index contributed by atoms with van der Waals surface area (Å²) in [7, 11) is 0. The molecular formula is C22H31FN2O. The molecule has 2 atom stereocenters. The molecule has 4 rings (SSSR count). The third-order valence-electron chi connectivity index (χ3n) is 6.65. The number of hydrogen-bond acceptors (Lipinski definition) is 2. The molecule has 142 valence electrons. The number of benzene rings is 1. The van der Waals surface area contributed by atoms with Crippen LogP contribution in [0.25, 0.3) is 0 Å². The van der Waals surface area contributed by atoms with Crippen molar-refractivity contribution in [1.29, 1.82) is 0 Å². The van der Waals surface area contributed by atoms with Gasteiger partial charge in [0.25, 0.3) is 0 Å². The van der Waals surface area contributed by atoms with Gasteiger partial charge >= 0.3 is 0 Å². The van der Waals surface area contributed by atoms with E-state index in [2.05, 4.69) is 10.2 Å². The highest BCUT2D eigenvalue weighted by atomic mass is 19.1. The Bertz CT molecular complexity index is 616. The van der Waals surface area contributed by atoms with Gasteiger partial charge in [0.1, 0.15) is 5.82 Å². The van der Waals surface area contributed by atoms with Crippen LogP contribution < -0.4 is 5.32 Å². The van der Waals surface area contributed by atoms with Crippen molar-refractivity contribution in [2.24, 2.45) is 5.92 Å². The molecule has 1 saturated carbocycles. The first kappa shape index (κ1) is 18.0. The molecule has 2 heterocycles. The van der Waals surface area contributed by atoms with Gasteiger partial charge in [-0.2, -0.15) is 0 Å². The van der Waals surface area contributed by atoms with Crippen LogP contribution in [0.2, 0.25) is 0 Å². The monoisotopic (exact) mass is 358 g/mol. The van der Waals surface area contributed by atoms with Gasteiger partial charge in [-0.3, -0.25) is 4.79 Å². The molecule has 1 aliphatic carbocycles. The fourth-order valence-electron chi connectivity index (χ4n) is 5.37.